The van der Waals surface area contributed by atoms with Crippen LogP contribution in [-0.4, -0.2) is 46.5 Å². The third-order valence-corrected chi connectivity index (χ3v) is 3.37. The molecule has 0 bridgehead atoms. The lowest BCUT2D eigenvalue weighted by molar-refractivity contribution is 0.0199. The van der Waals surface area contributed by atoms with E-state index in [0.29, 0.717) is 13.0 Å². The number of hydrogen-bond acceptors (Lipinski definition) is 4. The Balaban J connectivity index is 1.89. The average Bonchev–Trinajstić information content (AvgIpc) is 2.94. The number of rotatable bonds is 4. The van der Waals surface area contributed by atoms with Crippen molar-refractivity contribution in [3.63, 3.8) is 0 Å². The molecule has 104 valence electrons. The highest BCUT2D eigenvalue weighted by Crippen LogP contribution is 2.21. The molecule has 1 saturated heterocycles. The number of benzene rings is 1. The van der Waals surface area contributed by atoms with Gasteiger partial charge in [0.15, 0.2) is 0 Å². The van der Waals surface area contributed by atoms with Gasteiger partial charge in [0.1, 0.15) is 6.61 Å². The fraction of sp³-hybridized carbons (Fsp3) is 0.500. The number of hydrogen-bond donors (Lipinski definition) is 2. The van der Waals surface area contributed by atoms with Gasteiger partial charge in [-0.05, 0) is 18.4 Å². The van der Waals surface area contributed by atoms with Crippen LogP contribution in [0.3, 0.4) is 0 Å². The second-order valence-corrected chi connectivity index (χ2v) is 4.69. The summed E-state index contributed by atoms with van der Waals surface area (Å²) in [5, 5.41) is 18.6. The van der Waals surface area contributed by atoms with E-state index in [9.17, 15) is 9.90 Å². The molecule has 2 N–H and O–H groups in total. The fourth-order valence-corrected chi connectivity index (χ4v) is 2.34. The molecule has 0 aromatic heterocycles. The summed E-state index contributed by atoms with van der Waals surface area (Å²) in [6.07, 6.45) is 0.190. The Kier molecular flexibility index (Phi) is 4.76. The summed E-state index contributed by atoms with van der Waals surface area (Å²) in [6, 6.07) is 9.11. The van der Waals surface area contributed by atoms with E-state index < -0.39 is 12.2 Å². The Bertz CT molecular complexity index is 409. The summed E-state index contributed by atoms with van der Waals surface area (Å²) in [4.78, 5) is 13.5. The highest BCUT2D eigenvalue weighted by atomic mass is 16.6. The Labute approximate surface area is 112 Å². The van der Waals surface area contributed by atoms with Crippen LogP contribution in [0.5, 0.6) is 0 Å². The number of amides is 1. The van der Waals surface area contributed by atoms with Gasteiger partial charge in [-0.25, -0.2) is 4.79 Å². The highest BCUT2D eigenvalue weighted by molar-refractivity contribution is 5.68. The van der Waals surface area contributed by atoms with Crippen LogP contribution in [0.4, 0.5) is 4.79 Å². The summed E-state index contributed by atoms with van der Waals surface area (Å²) in [5.74, 6) is 0. The minimum absolute atomic E-state index is 0.220. The topological polar surface area (TPSA) is 70.0 Å². The molecule has 1 amide bonds. The van der Waals surface area contributed by atoms with Crippen molar-refractivity contribution in [3.8, 4) is 0 Å². The lowest BCUT2D eigenvalue weighted by atomic mass is 10.1. The van der Waals surface area contributed by atoms with Gasteiger partial charge < -0.3 is 19.8 Å². The van der Waals surface area contributed by atoms with Crippen molar-refractivity contribution in [1.29, 1.82) is 0 Å². The number of aliphatic hydroxyl groups excluding tert-OH is 2. The van der Waals surface area contributed by atoms with Crippen LogP contribution in [0.25, 0.3) is 0 Å². The molecule has 2 atom stereocenters. The second kappa shape index (κ2) is 6.54. The predicted molar refractivity (Wildman–Crippen MR) is 69.4 cm³/mol. The molecule has 1 aliphatic heterocycles. The maximum Gasteiger partial charge on any atom is 0.410 e. The molecule has 0 saturated carbocycles. The Morgan fingerprint density at radius 1 is 1.42 bits per heavy atom. The highest BCUT2D eigenvalue weighted by Gasteiger charge is 2.34. The summed E-state index contributed by atoms with van der Waals surface area (Å²) in [5.41, 5.74) is 0.925. The minimum atomic E-state index is -0.897. The molecule has 0 spiro atoms. The van der Waals surface area contributed by atoms with Crippen LogP contribution in [0, 0.1) is 0 Å². The maximum absolute atomic E-state index is 12.0. The van der Waals surface area contributed by atoms with Crippen LogP contribution >= 0.6 is 0 Å². The molecular formula is C14H19NO4. The Hall–Kier alpha value is -1.59. The van der Waals surface area contributed by atoms with Crippen LogP contribution in [-0.2, 0) is 11.3 Å². The van der Waals surface area contributed by atoms with E-state index in [1.807, 2.05) is 30.3 Å². The van der Waals surface area contributed by atoms with E-state index in [0.717, 1.165) is 12.0 Å². The van der Waals surface area contributed by atoms with Crippen molar-refractivity contribution in [2.45, 2.75) is 31.6 Å². The molecule has 5 heteroatoms. The first-order valence-electron chi connectivity index (χ1n) is 6.48. The van der Waals surface area contributed by atoms with Gasteiger partial charge in [-0.15, -0.1) is 0 Å². The second-order valence-electron chi connectivity index (χ2n) is 4.69. The van der Waals surface area contributed by atoms with Gasteiger partial charge in [-0.1, -0.05) is 30.3 Å². The average molecular weight is 265 g/mol. The molecule has 1 aromatic carbocycles. The first-order valence-corrected chi connectivity index (χ1v) is 6.48. The number of ether oxygens (including phenoxy) is 1. The standard InChI is InChI=1S/C14H19NO4/c16-9-13(17)12-7-4-8-15(12)14(18)19-10-11-5-2-1-3-6-11/h1-3,5-6,12-13,16-17H,4,7-10H2/t12-,13-/m1/s1. The zero-order valence-electron chi connectivity index (χ0n) is 10.7. The Morgan fingerprint density at radius 3 is 2.84 bits per heavy atom. The van der Waals surface area contributed by atoms with Crippen molar-refractivity contribution in [3.05, 3.63) is 35.9 Å². The van der Waals surface area contributed by atoms with Gasteiger partial charge in [0, 0.05) is 6.54 Å². The van der Waals surface area contributed by atoms with Crippen LogP contribution in [0.1, 0.15) is 18.4 Å². The molecule has 2 rings (SSSR count). The molecule has 1 heterocycles. The molecule has 0 unspecified atom stereocenters. The molecule has 19 heavy (non-hydrogen) atoms. The van der Waals surface area contributed by atoms with E-state index in [4.69, 9.17) is 9.84 Å². The summed E-state index contributed by atoms with van der Waals surface area (Å²) in [7, 11) is 0. The summed E-state index contributed by atoms with van der Waals surface area (Å²) < 4.78 is 5.23. The van der Waals surface area contributed by atoms with Crippen molar-refractivity contribution in [2.24, 2.45) is 0 Å². The zero-order chi connectivity index (χ0) is 13.7. The minimum Gasteiger partial charge on any atom is -0.445 e. The van der Waals surface area contributed by atoms with Gasteiger partial charge in [0.25, 0.3) is 0 Å². The molecule has 1 aliphatic rings. The van der Waals surface area contributed by atoms with Crippen molar-refractivity contribution >= 4 is 6.09 Å². The lowest BCUT2D eigenvalue weighted by Gasteiger charge is -2.26. The van der Waals surface area contributed by atoms with Crippen molar-refractivity contribution in [1.82, 2.24) is 4.90 Å². The van der Waals surface area contributed by atoms with Gasteiger partial charge in [-0.2, -0.15) is 0 Å². The molecule has 0 radical (unpaired) electrons. The van der Waals surface area contributed by atoms with Gasteiger partial charge in [-0.3, -0.25) is 0 Å². The van der Waals surface area contributed by atoms with E-state index in [1.54, 1.807) is 0 Å². The normalized spacial score (nSPS) is 20.3. The third kappa shape index (κ3) is 3.45. The van der Waals surface area contributed by atoms with Crippen LogP contribution in [0.15, 0.2) is 30.3 Å². The summed E-state index contributed by atoms with van der Waals surface area (Å²) in [6.45, 7) is 0.445. The van der Waals surface area contributed by atoms with Crippen LogP contribution < -0.4 is 0 Å². The maximum atomic E-state index is 12.0. The predicted octanol–water partition coefficient (Wildman–Crippen LogP) is 1.14. The van der Waals surface area contributed by atoms with E-state index in [-0.39, 0.29) is 19.3 Å². The number of carbonyl (C=O) groups excluding carboxylic acids is 1. The van der Waals surface area contributed by atoms with Gasteiger partial charge in [0.2, 0.25) is 0 Å². The Morgan fingerprint density at radius 2 is 2.16 bits per heavy atom. The SMILES string of the molecule is O=C(OCc1ccccc1)N1CCC[C@@H]1[C@H](O)CO. The van der Waals surface area contributed by atoms with E-state index in [1.165, 1.54) is 4.90 Å². The quantitative estimate of drug-likeness (QED) is 0.856. The fourth-order valence-electron chi connectivity index (χ4n) is 2.34. The van der Waals surface area contributed by atoms with Crippen molar-refractivity contribution < 1.29 is 19.7 Å². The van der Waals surface area contributed by atoms with E-state index >= 15 is 0 Å². The number of nitrogens with zero attached hydrogens (tertiary/aromatic N) is 1. The zero-order valence-corrected chi connectivity index (χ0v) is 10.7. The first kappa shape index (κ1) is 13.8. The van der Waals surface area contributed by atoms with Gasteiger partial charge >= 0.3 is 6.09 Å². The third-order valence-electron chi connectivity index (χ3n) is 3.37. The van der Waals surface area contributed by atoms with E-state index in [2.05, 4.69) is 0 Å². The molecule has 1 fully saturated rings. The van der Waals surface area contributed by atoms with Gasteiger partial charge in [0.05, 0.1) is 18.8 Å². The molecular weight excluding hydrogens is 246 g/mol. The largest absolute Gasteiger partial charge is 0.445 e. The molecule has 5 nitrogen and oxygen atoms in total. The number of carbonyl (C=O) groups is 1. The molecule has 1 aromatic rings. The molecule has 0 aliphatic carbocycles. The van der Waals surface area contributed by atoms with Crippen molar-refractivity contribution in [2.75, 3.05) is 13.2 Å². The monoisotopic (exact) mass is 265 g/mol. The first-order chi connectivity index (χ1) is 9.22. The number of aliphatic hydroxyl groups is 2. The summed E-state index contributed by atoms with van der Waals surface area (Å²) >= 11 is 0. The lowest BCUT2D eigenvalue weighted by Crippen LogP contribution is -2.44. The smallest absolute Gasteiger partial charge is 0.410 e. The number of likely N-dealkylation sites (tertiary alicyclic amines) is 1. The van der Waals surface area contributed by atoms with Crippen LogP contribution in [0.2, 0.25) is 0 Å².